The largest absolute Gasteiger partial charge is 0.359 e. The van der Waals surface area contributed by atoms with E-state index in [9.17, 15) is 14.0 Å². The Bertz CT molecular complexity index is 1450. The van der Waals surface area contributed by atoms with Gasteiger partial charge < -0.3 is 16.0 Å². The van der Waals surface area contributed by atoms with Gasteiger partial charge in [0, 0.05) is 36.3 Å². The first-order valence-electron chi connectivity index (χ1n) is 12.2. The van der Waals surface area contributed by atoms with Crippen LogP contribution < -0.4 is 11.1 Å². The number of likely N-dealkylation sites (N-methyl/N-ethyl adjacent to an activating group) is 1. The van der Waals surface area contributed by atoms with Crippen LogP contribution in [0.4, 0.5) is 8.78 Å². The SMILES string of the molecule is CNC(=O)Cc1ccc(-c2ccc(C(=O)N3[C@@H]4CC[C@H]3[C@@H](N)C4)cc2-c2ccc(C#N)c(F)c2)c(F)c1. The molecule has 0 spiro atoms. The second-order valence-corrected chi connectivity index (χ2v) is 9.64. The average molecular weight is 501 g/mol. The van der Waals surface area contributed by atoms with E-state index in [2.05, 4.69) is 5.32 Å². The molecular weight excluding hydrogens is 474 g/mol. The van der Waals surface area contributed by atoms with Crippen molar-refractivity contribution >= 4 is 11.8 Å². The summed E-state index contributed by atoms with van der Waals surface area (Å²) in [5.41, 5.74) is 8.64. The third-order valence-electron chi connectivity index (χ3n) is 7.45. The molecule has 188 valence electrons. The first-order chi connectivity index (χ1) is 17.8. The molecule has 0 radical (unpaired) electrons. The van der Waals surface area contributed by atoms with Gasteiger partial charge in [-0.05, 0) is 71.8 Å². The van der Waals surface area contributed by atoms with Gasteiger partial charge in [0.2, 0.25) is 5.91 Å². The number of nitriles is 1. The number of hydrogen-bond donors (Lipinski definition) is 2. The molecule has 2 bridgehead atoms. The van der Waals surface area contributed by atoms with Crippen molar-refractivity contribution in [2.45, 2.75) is 43.8 Å². The molecule has 2 amide bonds. The number of carbonyl (C=O) groups is 2. The van der Waals surface area contributed by atoms with Gasteiger partial charge in [0.25, 0.3) is 5.91 Å². The van der Waals surface area contributed by atoms with Crippen molar-refractivity contribution < 1.29 is 18.4 Å². The molecule has 3 aromatic carbocycles. The van der Waals surface area contributed by atoms with Crippen molar-refractivity contribution in [3.8, 4) is 28.3 Å². The predicted molar refractivity (Wildman–Crippen MR) is 135 cm³/mol. The normalized spacial score (nSPS) is 20.1. The van der Waals surface area contributed by atoms with E-state index in [1.165, 1.54) is 25.2 Å². The quantitative estimate of drug-likeness (QED) is 0.550. The Morgan fingerprint density at radius 2 is 1.81 bits per heavy atom. The van der Waals surface area contributed by atoms with Crippen molar-refractivity contribution in [3.63, 3.8) is 0 Å². The van der Waals surface area contributed by atoms with Crippen LogP contribution in [0.15, 0.2) is 54.6 Å². The summed E-state index contributed by atoms with van der Waals surface area (Å²) in [6, 6.07) is 15.5. The average Bonchev–Trinajstić information content (AvgIpc) is 3.45. The van der Waals surface area contributed by atoms with Crippen molar-refractivity contribution in [2.24, 2.45) is 5.73 Å². The topological polar surface area (TPSA) is 99.2 Å². The van der Waals surface area contributed by atoms with E-state index in [4.69, 9.17) is 11.0 Å². The fourth-order valence-corrected chi connectivity index (χ4v) is 5.59. The molecule has 0 saturated carbocycles. The van der Waals surface area contributed by atoms with E-state index in [-0.39, 0.29) is 47.5 Å². The Kier molecular flexibility index (Phi) is 6.48. The van der Waals surface area contributed by atoms with Crippen LogP contribution in [0.1, 0.15) is 40.7 Å². The highest BCUT2D eigenvalue weighted by atomic mass is 19.1. The predicted octanol–water partition coefficient (Wildman–Crippen LogP) is 4.16. The van der Waals surface area contributed by atoms with Gasteiger partial charge in [-0.2, -0.15) is 5.26 Å². The van der Waals surface area contributed by atoms with Crippen LogP contribution in [0.5, 0.6) is 0 Å². The molecular formula is C29H26F2N4O2. The highest BCUT2D eigenvalue weighted by molar-refractivity contribution is 5.98. The van der Waals surface area contributed by atoms with Gasteiger partial charge in [-0.25, -0.2) is 8.78 Å². The molecule has 3 atom stereocenters. The minimum atomic E-state index is -0.701. The van der Waals surface area contributed by atoms with Gasteiger partial charge in [0.1, 0.15) is 17.7 Å². The molecule has 2 aliphatic heterocycles. The summed E-state index contributed by atoms with van der Waals surface area (Å²) >= 11 is 0. The molecule has 8 heteroatoms. The van der Waals surface area contributed by atoms with Crippen molar-refractivity contribution in [1.29, 1.82) is 5.26 Å². The molecule has 3 N–H and O–H groups in total. The van der Waals surface area contributed by atoms with Crippen LogP contribution in [0.2, 0.25) is 0 Å². The standard InChI is InChI=1S/C29H26F2N4O2/c1-34-28(36)11-16-2-7-22(25(31)10-16)21-8-5-18(29(37)35-20-6-9-27(35)26(33)14-20)12-23(21)17-3-4-19(15-32)24(30)13-17/h2-5,7-8,10,12-13,20,26-27H,6,9,11,14,33H2,1H3,(H,34,36)/t20-,26+,27+/m1/s1. The molecule has 0 aromatic heterocycles. The van der Waals surface area contributed by atoms with Gasteiger partial charge in [-0.15, -0.1) is 0 Å². The van der Waals surface area contributed by atoms with Gasteiger partial charge in [0.05, 0.1) is 12.0 Å². The Balaban J connectivity index is 1.59. The van der Waals surface area contributed by atoms with Crippen LogP contribution in [0.3, 0.4) is 0 Å². The molecule has 0 unspecified atom stereocenters. The van der Waals surface area contributed by atoms with E-state index in [1.807, 2.05) is 4.90 Å². The molecule has 0 aliphatic carbocycles. The zero-order valence-corrected chi connectivity index (χ0v) is 20.3. The lowest BCUT2D eigenvalue weighted by Gasteiger charge is -2.24. The van der Waals surface area contributed by atoms with Crippen molar-refractivity contribution in [3.05, 3.63) is 82.9 Å². The van der Waals surface area contributed by atoms with Crippen molar-refractivity contribution in [2.75, 3.05) is 7.05 Å². The van der Waals surface area contributed by atoms with Gasteiger partial charge in [0.15, 0.2) is 0 Å². The number of nitrogens with two attached hydrogens (primary N) is 1. The Morgan fingerprint density at radius 1 is 1.03 bits per heavy atom. The number of hydrogen-bond acceptors (Lipinski definition) is 4. The number of benzene rings is 3. The van der Waals surface area contributed by atoms with Crippen LogP contribution in [0.25, 0.3) is 22.3 Å². The first kappa shape index (κ1) is 24.6. The number of carbonyl (C=O) groups excluding carboxylic acids is 2. The van der Waals surface area contributed by atoms with Crippen LogP contribution in [-0.4, -0.2) is 41.9 Å². The van der Waals surface area contributed by atoms with E-state index >= 15 is 4.39 Å². The lowest BCUT2D eigenvalue weighted by Crippen LogP contribution is -2.40. The van der Waals surface area contributed by atoms with E-state index < -0.39 is 11.6 Å². The fourth-order valence-electron chi connectivity index (χ4n) is 5.59. The van der Waals surface area contributed by atoms with E-state index in [0.717, 1.165) is 19.3 Å². The second-order valence-electron chi connectivity index (χ2n) is 9.64. The lowest BCUT2D eigenvalue weighted by molar-refractivity contribution is -0.119. The van der Waals surface area contributed by atoms with Crippen LogP contribution in [0, 0.1) is 23.0 Å². The Hall–Kier alpha value is -4.09. The molecule has 2 saturated heterocycles. The maximum atomic E-state index is 15.3. The lowest BCUT2D eigenvalue weighted by atomic mass is 9.91. The number of nitrogens with one attached hydrogen (secondary N) is 1. The summed E-state index contributed by atoms with van der Waals surface area (Å²) in [6.45, 7) is 0. The highest BCUT2D eigenvalue weighted by Crippen LogP contribution is 2.40. The number of rotatable bonds is 5. The second kappa shape index (κ2) is 9.75. The van der Waals surface area contributed by atoms with E-state index in [1.54, 1.807) is 42.5 Å². The van der Waals surface area contributed by atoms with Gasteiger partial charge in [-0.1, -0.05) is 24.3 Å². The summed E-state index contributed by atoms with van der Waals surface area (Å²) in [5, 5.41) is 11.7. The third-order valence-corrected chi connectivity index (χ3v) is 7.45. The zero-order valence-electron chi connectivity index (χ0n) is 20.3. The highest BCUT2D eigenvalue weighted by Gasteiger charge is 2.47. The summed E-state index contributed by atoms with van der Waals surface area (Å²) in [7, 11) is 1.51. The fraction of sp³-hybridized carbons (Fsp3) is 0.276. The third kappa shape index (κ3) is 4.47. The van der Waals surface area contributed by atoms with Gasteiger partial charge in [-0.3, -0.25) is 9.59 Å². The summed E-state index contributed by atoms with van der Waals surface area (Å²) in [6.07, 6.45) is 2.60. The number of amides is 2. The van der Waals surface area contributed by atoms with Crippen LogP contribution in [-0.2, 0) is 11.2 Å². The van der Waals surface area contributed by atoms with Crippen molar-refractivity contribution in [1.82, 2.24) is 10.2 Å². The van der Waals surface area contributed by atoms with Crippen LogP contribution >= 0.6 is 0 Å². The zero-order chi connectivity index (χ0) is 26.3. The molecule has 3 aromatic rings. The smallest absolute Gasteiger partial charge is 0.254 e. The summed E-state index contributed by atoms with van der Waals surface area (Å²) in [5.74, 6) is -1.63. The molecule has 5 rings (SSSR count). The van der Waals surface area contributed by atoms with Gasteiger partial charge >= 0.3 is 0 Å². The number of halogens is 2. The maximum Gasteiger partial charge on any atom is 0.254 e. The molecule has 2 heterocycles. The molecule has 37 heavy (non-hydrogen) atoms. The molecule has 2 aliphatic rings. The Labute approximate surface area is 213 Å². The number of nitrogens with zero attached hydrogens (tertiary/aromatic N) is 2. The monoisotopic (exact) mass is 500 g/mol. The minimum Gasteiger partial charge on any atom is -0.359 e. The number of fused-ring (bicyclic) bond motifs is 2. The molecule has 2 fully saturated rings. The summed E-state index contributed by atoms with van der Waals surface area (Å²) in [4.78, 5) is 27.1. The molecule has 6 nitrogen and oxygen atoms in total. The Morgan fingerprint density at radius 3 is 2.43 bits per heavy atom. The first-order valence-corrected chi connectivity index (χ1v) is 12.2. The summed E-state index contributed by atoms with van der Waals surface area (Å²) < 4.78 is 29.9. The maximum absolute atomic E-state index is 15.3. The minimum absolute atomic E-state index is 0.00158. The van der Waals surface area contributed by atoms with E-state index in [0.29, 0.717) is 27.8 Å².